The fourth-order valence-corrected chi connectivity index (χ4v) is 1.83. The van der Waals surface area contributed by atoms with Crippen molar-refractivity contribution < 1.29 is 23.9 Å². The summed E-state index contributed by atoms with van der Waals surface area (Å²) in [5.41, 5.74) is 0.779. The fourth-order valence-electron chi connectivity index (χ4n) is 1.83. The number of rotatable bonds is 3. The summed E-state index contributed by atoms with van der Waals surface area (Å²) in [5, 5.41) is 13.0. The molecule has 0 fully saturated rings. The van der Waals surface area contributed by atoms with Gasteiger partial charge in [-0.1, -0.05) is 0 Å². The molecule has 0 bridgehead atoms. The van der Waals surface area contributed by atoms with E-state index in [1.54, 1.807) is 0 Å². The Labute approximate surface area is 107 Å². The molecule has 0 atom stereocenters. The minimum absolute atomic E-state index is 0.199. The average molecular weight is 266 g/mol. The van der Waals surface area contributed by atoms with E-state index in [1.807, 2.05) is 0 Å². The highest BCUT2D eigenvalue weighted by Gasteiger charge is 2.20. The Morgan fingerprint density at radius 3 is 2.79 bits per heavy atom. The number of aryl methyl sites for hydroxylation is 1. The molecule has 19 heavy (non-hydrogen) atoms. The fraction of sp³-hybridized carbons (Fsp3) is 0.250. The molecular formula is C12H11FN2O4. The smallest absolute Gasteiger partial charge is 0.322 e. The van der Waals surface area contributed by atoms with Crippen LogP contribution in [0.15, 0.2) is 12.1 Å². The maximum absolute atomic E-state index is 13.7. The van der Waals surface area contributed by atoms with E-state index < -0.39 is 24.2 Å². The average Bonchev–Trinajstić information content (AvgIpc) is 2.35. The van der Waals surface area contributed by atoms with Crippen LogP contribution in [-0.4, -0.2) is 29.4 Å². The number of hydrogen-bond acceptors (Lipinski definition) is 3. The highest BCUT2D eigenvalue weighted by atomic mass is 19.1. The van der Waals surface area contributed by atoms with Crippen LogP contribution < -0.4 is 10.6 Å². The standard InChI is InChI=1S/C12H11FN2O4/c13-8-4-9-6(1-2-10(16)15-9)3-7(8)12(19)14-5-11(17)18/h3-4H,1-2,5H2,(H,14,19)(H,15,16)(H,17,18). The van der Waals surface area contributed by atoms with Crippen LogP contribution in [0.1, 0.15) is 22.3 Å². The lowest BCUT2D eigenvalue weighted by Gasteiger charge is -2.18. The van der Waals surface area contributed by atoms with Crippen molar-refractivity contribution in [2.24, 2.45) is 0 Å². The molecule has 0 radical (unpaired) electrons. The molecule has 2 amide bonds. The van der Waals surface area contributed by atoms with Crippen molar-refractivity contribution in [2.75, 3.05) is 11.9 Å². The summed E-state index contributed by atoms with van der Waals surface area (Å²) in [6, 6.07) is 2.41. The molecule has 1 aromatic rings. The lowest BCUT2D eigenvalue weighted by Crippen LogP contribution is -2.30. The molecule has 0 unspecified atom stereocenters. The van der Waals surface area contributed by atoms with Crippen molar-refractivity contribution in [1.82, 2.24) is 5.32 Å². The predicted molar refractivity (Wildman–Crippen MR) is 63.3 cm³/mol. The van der Waals surface area contributed by atoms with E-state index in [4.69, 9.17) is 5.11 Å². The third-order valence-electron chi connectivity index (χ3n) is 2.73. The van der Waals surface area contributed by atoms with E-state index in [9.17, 15) is 18.8 Å². The summed E-state index contributed by atoms with van der Waals surface area (Å²) in [4.78, 5) is 33.1. The Balaban J connectivity index is 2.25. The van der Waals surface area contributed by atoms with E-state index >= 15 is 0 Å². The topological polar surface area (TPSA) is 95.5 Å². The molecule has 0 spiro atoms. The van der Waals surface area contributed by atoms with Gasteiger partial charge in [-0.15, -0.1) is 0 Å². The summed E-state index contributed by atoms with van der Waals surface area (Å²) in [6.45, 7) is -0.577. The van der Waals surface area contributed by atoms with Gasteiger partial charge in [0.05, 0.1) is 5.56 Å². The van der Waals surface area contributed by atoms with E-state index in [1.165, 1.54) is 6.07 Å². The highest BCUT2D eigenvalue weighted by molar-refractivity contribution is 5.99. The van der Waals surface area contributed by atoms with E-state index in [2.05, 4.69) is 10.6 Å². The molecule has 7 heteroatoms. The first-order chi connectivity index (χ1) is 8.97. The van der Waals surface area contributed by atoms with Crippen LogP contribution >= 0.6 is 0 Å². The third kappa shape index (κ3) is 2.87. The minimum atomic E-state index is -1.21. The molecule has 2 rings (SSSR count). The Morgan fingerprint density at radius 2 is 2.11 bits per heavy atom. The lowest BCUT2D eigenvalue weighted by atomic mass is 9.99. The van der Waals surface area contributed by atoms with Gasteiger partial charge in [0.25, 0.3) is 5.91 Å². The number of carboxylic acid groups (broad SMARTS) is 1. The largest absolute Gasteiger partial charge is 0.480 e. The van der Waals surface area contributed by atoms with Gasteiger partial charge in [0.1, 0.15) is 12.4 Å². The minimum Gasteiger partial charge on any atom is -0.480 e. The van der Waals surface area contributed by atoms with Gasteiger partial charge in [0.15, 0.2) is 0 Å². The van der Waals surface area contributed by atoms with Crippen molar-refractivity contribution in [2.45, 2.75) is 12.8 Å². The predicted octanol–water partition coefficient (Wildman–Crippen LogP) is 0.525. The summed E-state index contributed by atoms with van der Waals surface area (Å²) >= 11 is 0. The number of carboxylic acids is 1. The molecule has 1 aliphatic heterocycles. The number of benzene rings is 1. The van der Waals surface area contributed by atoms with Gasteiger partial charge in [-0.25, -0.2) is 4.39 Å². The second kappa shape index (κ2) is 5.05. The van der Waals surface area contributed by atoms with Gasteiger partial charge in [0.2, 0.25) is 5.91 Å². The number of nitrogens with one attached hydrogen (secondary N) is 2. The van der Waals surface area contributed by atoms with E-state index in [-0.39, 0.29) is 17.9 Å². The third-order valence-corrected chi connectivity index (χ3v) is 2.73. The quantitative estimate of drug-likeness (QED) is 0.743. The van der Waals surface area contributed by atoms with Gasteiger partial charge in [-0.05, 0) is 24.1 Å². The zero-order chi connectivity index (χ0) is 14.0. The molecule has 1 aliphatic rings. The zero-order valence-electron chi connectivity index (χ0n) is 9.83. The Kier molecular flexibility index (Phi) is 3.46. The molecule has 0 aromatic heterocycles. The Morgan fingerprint density at radius 1 is 1.37 bits per heavy atom. The van der Waals surface area contributed by atoms with Gasteiger partial charge >= 0.3 is 5.97 Å². The molecule has 1 heterocycles. The second-order valence-electron chi connectivity index (χ2n) is 4.11. The Hall–Kier alpha value is -2.44. The van der Waals surface area contributed by atoms with Gasteiger partial charge in [-0.2, -0.15) is 0 Å². The molecule has 0 aliphatic carbocycles. The summed E-state index contributed by atoms with van der Waals surface area (Å²) in [7, 11) is 0. The first-order valence-corrected chi connectivity index (χ1v) is 5.59. The number of carbonyl (C=O) groups is 3. The number of halogens is 1. The lowest BCUT2D eigenvalue weighted by molar-refractivity contribution is -0.135. The van der Waals surface area contributed by atoms with Crippen molar-refractivity contribution >= 4 is 23.5 Å². The molecule has 3 N–H and O–H groups in total. The second-order valence-corrected chi connectivity index (χ2v) is 4.11. The molecule has 6 nitrogen and oxygen atoms in total. The van der Waals surface area contributed by atoms with E-state index in [0.717, 1.165) is 6.07 Å². The number of fused-ring (bicyclic) bond motifs is 1. The van der Waals surface area contributed by atoms with Gasteiger partial charge < -0.3 is 15.7 Å². The number of anilines is 1. The van der Waals surface area contributed by atoms with Crippen LogP contribution in [-0.2, 0) is 16.0 Å². The van der Waals surface area contributed by atoms with Crippen molar-refractivity contribution in [3.63, 3.8) is 0 Å². The molecule has 100 valence electrons. The maximum atomic E-state index is 13.7. The number of amides is 2. The number of aliphatic carboxylic acids is 1. The van der Waals surface area contributed by atoms with Crippen LogP contribution in [0.4, 0.5) is 10.1 Å². The van der Waals surface area contributed by atoms with Gasteiger partial charge in [0, 0.05) is 12.1 Å². The maximum Gasteiger partial charge on any atom is 0.322 e. The van der Waals surface area contributed by atoms with Crippen molar-refractivity contribution in [3.05, 3.63) is 29.1 Å². The summed E-state index contributed by atoms with van der Waals surface area (Å²) in [6.07, 6.45) is 0.690. The van der Waals surface area contributed by atoms with Crippen LogP contribution in [0.3, 0.4) is 0 Å². The normalized spacial score (nSPS) is 13.4. The summed E-state index contributed by atoms with van der Waals surface area (Å²) in [5.74, 6) is -3.00. The zero-order valence-corrected chi connectivity index (χ0v) is 9.83. The monoisotopic (exact) mass is 266 g/mol. The first kappa shape index (κ1) is 13.0. The van der Waals surface area contributed by atoms with Crippen molar-refractivity contribution in [1.29, 1.82) is 0 Å². The van der Waals surface area contributed by atoms with Crippen LogP contribution in [0.2, 0.25) is 0 Å². The molecule has 0 saturated carbocycles. The highest BCUT2D eigenvalue weighted by Crippen LogP contribution is 2.25. The Bertz CT molecular complexity index is 571. The van der Waals surface area contributed by atoms with Gasteiger partial charge in [-0.3, -0.25) is 14.4 Å². The van der Waals surface area contributed by atoms with E-state index in [0.29, 0.717) is 17.7 Å². The van der Waals surface area contributed by atoms with Crippen molar-refractivity contribution in [3.8, 4) is 0 Å². The van der Waals surface area contributed by atoms with Crippen LogP contribution in [0.5, 0.6) is 0 Å². The molecule has 0 saturated heterocycles. The first-order valence-electron chi connectivity index (χ1n) is 5.59. The molecule has 1 aromatic carbocycles. The summed E-state index contributed by atoms with van der Waals surface area (Å²) < 4.78 is 13.7. The molecular weight excluding hydrogens is 255 g/mol. The number of carbonyl (C=O) groups excluding carboxylic acids is 2. The van der Waals surface area contributed by atoms with Crippen LogP contribution in [0.25, 0.3) is 0 Å². The van der Waals surface area contributed by atoms with Crippen LogP contribution in [0, 0.1) is 5.82 Å². The SMILES string of the molecule is O=C(O)CNC(=O)c1cc2c(cc1F)NC(=O)CC2. The number of hydrogen-bond donors (Lipinski definition) is 3.